The molecule has 1 amide bonds. The molecule has 2 fully saturated rings. The molecule has 0 aromatic carbocycles. The van der Waals surface area contributed by atoms with E-state index in [-0.39, 0.29) is 11.8 Å². The average molecular weight is 300 g/mol. The highest BCUT2D eigenvalue weighted by Crippen LogP contribution is 2.49. The summed E-state index contributed by atoms with van der Waals surface area (Å²) in [5, 5.41) is 11.7. The number of thiophene rings is 1. The minimum absolute atomic E-state index is 0.0905. The molecule has 1 saturated carbocycles. The van der Waals surface area contributed by atoms with Crippen molar-refractivity contribution in [3.8, 4) is 0 Å². The van der Waals surface area contributed by atoms with E-state index >= 15 is 0 Å². The van der Waals surface area contributed by atoms with Crippen molar-refractivity contribution in [2.75, 3.05) is 13.1 Å². The summed E-state index contributed by atoms with van der Waals surface area (Å²) in [7, 11) is 0. The van der Waals surface area contributed by atoms with Crippen LogP contribution >= 0.6 is 22.9 Å². The number of carboxylic acids is 1. The molecule has 0 spiro atoms. The first-order chi connectivity index (χ1) is 9.04. The van der Waals surface area contributed by atoms with Crippen LogP contribution in [0.5, 0.6) is 0 Å². The molecule has 0 radical (unpaired) electrons. The molecule has 1 aliphatic carbocycles. The number of carboxylic acid groups (broad SMARTS) is 1. The highest BCUT2D eigenvalue weighted by atomic mass is 35.5. The normalized spacial score (nSPS) is 29.5. The monoisotopic (exact) mass is 299 g/mol. The molecule has 2 aliphatic rings. The Hall–Kier alpha value is -1.07. The molecular weight excluding hydrogens is 286 g/mol. The SMILES string of the molecule is O=C(c1sccc1Cl)N1C[C@@H]2CCC[C@@]2(C(=O)O)C1. The van der Waals surface area contributed by atoms with Gasteiger partial charge in [0.2, 0.25) is 0 Å². The Labute approximate surface area is 120 Å². The highest BCUT2D eigenvalue weighted by Gasteiger charge is 2.55. The van der Waals surface area contributed by atoms with Gasteiger partial charge < -0.3 is 10.0 Å². The Kier molecular flexibility index (Phi) is 3.06. The summed E-state index contributed by atoms with van der Waals surface area (Å²) in [6.45, 7) is 0.861. The minimum atomic E-state index is -0.762. The van der Waals surface area contributed by atoms with Gasteiger partial charge in [-0.3, -0.25) is 9.59 Å². The third-order valence-corrected chi connectivity index (χ3v) is 5.72. The molecule has 3 rings (SSSR count). The smallest absolute Gasteiger partial charge is 0.311 e. The summed E-state index contributed by atoms with van der Waals surface area (Å²) in [4.78, 5) is 26.1. The number of fused-ring (bicyclic) bond motifs is 1. The van der Waals surface area contributed by atoms with Crippen LogP contribution in [0.1, 0.15) is 28.9 Å². The fraction of sp³-hybridized carbons (Fsp3) is 0.538. The van der Waals surface area contributed by atoms with Gasteiger partial charge in [-0.25, -0.2) is 0 Å². The number of hydrogen-bond donors (Lipinski definition) is 1. The van der Waals surface area contributed by atoms with Crippen molar-refractivity contribution >= 4 is 34.8 Å². The molecule has 1 saturated heterocycles. The topological polar surface area (TPSA) is 57.6 Å². The fourth-order valence-electron chi connectivity index (χ4n) is 3.38. The van der Waals surface area contributed by atoms with Crippen LogP contribution in [0.2, 0.25) is 5.02 Å². The third-order valence-electron chi connectivity index (χ3n) is 4.40. The van der Waals surface area contributed by atoms with Crippen LogP contribution in [0.25, 0.3) is 0 Å². The van der Waals surface area contributed by atoms with E-state index in [1.54, 1.807) is 16.3 Å². The second kappa shape index (κ2) is 4.49. The maximum Gasteiger partial charge on any atom is 0.311 e. The van der Waals surface area contributed by atoms with Crippen LogP contribution in [-0.4, -0.2) is 35.0 Å². The van der Waals surface area contributed by atoms with Gasteiger partial charge in [-0.1, -0.05) is 18.0 Å². The van der Waals surface area contributed by atoms with Gasteiger partial charge in [-0.2, -0.15) is 0 Å². The molecule has 2 atom stereocenters. The lowest BCUT2D eigenvalue weighted by molar-refractivity contribution is -0.149. The van der Waals surface area contributed by atoms with Crippen molar-refractivity contribution in [2.45, 2.75) is 19.3 Å². The molecule has 1 N–H and O–H groups in total. The summed E-state index contributed by atoms with van der Waals surface area (Å²) >= 11 is 7.29. The van der Waals surface area contributed by atoms with Crippen molar-refractivity contribution in [1.82, 2.24) is 4.90 Å². The van der Waals surface area contributed by atoms with E-state index in [9.17, 15) is 14.7 Å². The van der Waals surface area contributed by atoms with E-state index < -0.39 is 11.4 Å². The molecule has 102 valence electrons. The van der Waals surface area contributed by atoms with E-state index in [2.05, 4.69) is 0 Å². The molecule has 1 aromatic rings. The van der Waals surface area contributed by atoms with Gasteiger partial charge >= 0.3 is 5.97 Å². The van der Waals surface area contributed by atoms with E-state index in [1.807, 2.05) is 0 Å². The Bertz CT molecular complexity index is 544. The summed E-state index contributed by atoms with van der Waals surface area (Å²) < 4.78 is 0. The number of amides is 1. The number of carbonyl (C=O) groups excluding carboxylic acids is 1. The molecule has 0 bridgehead atoms. The number of halogens is 1. The van der Waals surface area contributed by atoms with Gasteiger partial charge in [-0.05, 0) is 30.2 Å². The minimum Gasteiger partial charge on any atom is -0.481 e. The van der Waals surface area contributed by atoms with Crippen molar-refractivity contribution < 1.29 is 14.7 Å². The predicted octanol–water partition coefficient (Wildman–Crippen LogP) is 2.73. The Balaban J connectivity index is 1.85. The fourth-order valence-corrected chi connectivity index (χ4v) is 4.49. The van der Waals surface area contributed by atoms with Crippen molar-refractivity contribution in [3.05, 3.63) is 21.3 Å². The maximum atomic E-state index is 12.4. The Morgan fingerprint density at radius 2 is 2.32 bits per heavy atom. The lowest BCUT2D eigenvalue weighted by atomic mass is 9.81. The largest absolute Gasteiger partial charge is 0.481 e. The van der Waals surface area contributed by atoms with Crippen LogP contribution in [0.3, 0.4) is 0 Å². The van der Waals surface area contributed by atoms with E-state index in [0.717, 1.165) is 12.8 Å². The summed E-state index contributed by atoms with van der Waals surface area (Å²) in [5.74, 6) is -0.801. The van der Waals surface area contributed by atoms with E-state index in [4.69, 9.17) is 11.6 Å². The van der Waals surface area contributed by atoms with Crippen LogP contribution in [0.4, 0.5) is 0 Å². The molecule has 0 unspecified atom stereocenters. The summed E-state index contributed by atoms with van der Waals surface area (Å²) in [6, 6.07) is 1.70. The Morgan fingerprint density at radius 3 is 2.89 bits per heavy atom. The lowest BCUT2D eigenvalue weighted by Gasteiger charge is -2.23. The highest BCUT2D eigenvalue weighted by molar-refractivity contribution is 7.12. The van der Waals surface area contributed by atoms with Crippen molar-refractivity contribution in [1.29, 1.82) is 0 Å². The Morgan fingerprint density at radius 1 is 1.53 bits per heavy atom. The zero-order valence-corrected chi connectivity index (χ0v) is 11.8. The number of rotatable bonds is 2. The van der Waals surface area contributed by atoms with E-state index in [0.29, 0.717) is 29.4 Å². The van der Waals surface area contributed by atoms with Crippen LogP contribution in [0, 0.1) is 11.3 Å². The first-order valence-electron chi connectivity index (χ1n) is 6.30. The second-order valence-electron chi connectivity index (χ2n) is 5.33. The second-order valence-corrected chi connectivity index (χ2v) is 6.66. The van der Waals surface area contributed by atoms with Gasteiger partial charge in [0.15, 0.2) is 0 Å². The van der Waals surface area contributed by atoms with Crippen molar-refractivity contribution in [2.24, 2.45) is 11.3 Å². The first-order valence-corrected chi connectivity index (χ1v) is 7.56. The zero-order chi connectivity index (χ0) is 13.6. The number of aliphatic carboxylic acids is 1. The number of nitrogens with zero attached hydrogens (tertiary/aromatic N) is 1. The number of likely N-dealkylation sites (tertiary alicyclic amines) is 1. The number of carbonyl (C=O) groups is 2. The molecule has 19 heavy (non-hydrogen) atoms. The maximum absolute atomic E-state index is 12.4. The third kappa shape index (κ3) is 1.87. The lowest BCUT2D eigenvalue weighted by Crippen LogP contribution is -2.37. The average Bonchev–Trinajstić information content (AvgIpc) is 3.00. The van der Waals surface area contributed by atoms with Gasteiger partial charge in [0.25, 0.3) is 5.91 Å². The molecule has 2 heterocycles. The summed E-state index contributed by atoms with van der Waals surface area (Å²) in [6.07, 6.45) is 2.52. The van der Waals surface area contributed by atoms with Gasteiger partial charge in [0.1, 0.15) is 4.88 Å². The molecule has 4 nitrogen and oxygen atoms in total. The quantitative estimate of drug-likeness (QED) is 0.913. The van der Waals surface area contributed by atoms with Crippen LogP contribution in [-0.2, 0) is 4.79 Å². The molecule has 1 aliphatic heterocycles. The van der Waals surface area contributed by atoms with E-state index in [1.165, 1.54) is 11.3 Å². The molecule has 6 heteroatoms. The number of hydrogen-bond acceptors (Lipinski definition) is 3. The van der Waals surface area contributed by atoms with Crippen molar-refractivity contribution in [3.63, 3.8) is 0 Å². The molecular formula is C13H14ClNO3S. The summed E-state index contributed by atoms with van der Waals surface area (Å²) in [5.41, 5.74) is -0.723. The van der Waals surface area contributed by atoms with Crippen LogP contribution in [0.15, 0.2) is 11.4 Å². The predicted molar refractivity (Wildman–Crippen MR) is 72.6 cm³/mol. The van der Waals surface area contributed by atoms with Gasteiger partial charge in [-0.15, -0.1) is 11.3 Å². The zero-order valence-electron chi connectivity index (χ0n) is 10.3. The molecule has 1 aromatic heterocycles. The standard InChI is InChI=1S/C13H14ClNO3S/c14-9-3-5-19-10(9)11(16)15-6-8-2-1-4-13(8,7-15)12(17)18/h3,5,8H,1-2,4,6-7H2,(H,17,18)/t8-,13+/m0/s1. The van der Waals surface area contributed by atoms with Gasteiger partial charge in [0.05, 0.1) is 10.4 Å². The first kappa shape index (κ1) is 12.9. The van der Waals surface area contributed by atoms with Gasteiger partial charge in [0, 0.05) is 13.1 Å². The van der Waals surface area contributed by atoms with Crippen LogP contribution < -0.4 is 0 Å².